The van der Waals surface area contributed by atoms with Crippen molar-refractivity contribution in [2.75, 3.05) is 17.0 Å². The summed E-state index contributed by atoms with van der Waals surface area (Å²) in [6.45, 7) is 2.65. The SMILES string of the molecule is Cc1ccc(NN2C(C=O)CCCN2c2ccc(-c3ccccc3)cc2F)cc1. The van der Waals surface area contributed by atoms with E-state index in [0.717, 1.165) is 41.5 Å². The summed E-state index contributed by atoms with van der Waals surface area (Å²) in [5, 5.41) is 3.58. The lowest BCUT2D eigenvalue weighted by molar-refractivity contribution is -0.113. The smallest absolute Gasteiger partial charge is 0.148 e. The number of nitrogens with zero attached hydrogens (tertiary/aromatic N) is 2. The minimum absolute atomic E-state index is 0.311. The highest BCUT2D eigenvalue weighted by Crippen LogP contribution is 2.31. The summed E-state index contributed by atoms with van der Waals surface area (Å²) in [6, 6.07) is 22.6. The summed E-state index contributed by atoms with van der Waals surface area (Å²) < 4.78 is 15.1. The van der Waals surface area contributed by atoms with E-state index in [2.05, 4.69) is 5.43 Å². The monoisotopic (exact) mass is 389 g/mol. The number of rotatable bonds is 5. The maximum atomic E-state index is 15.1. The van der Waals surface area contributed by atoms with Crippen molar-refractivity contribution in [1.82, 2.24) is 5.12 Å². The highest BCUT2D eigenvalue weighted by molar-refractivity contribution is 5.67. The molecule has 4 nitrogen and oxygen atoms in total. The van der Waals surface area contributed by atoms with Crippen molar-refractivity contribution in [3.63, 3.8) is 0 Å². The number of carbonyl (C=O) groups is 1. The first-order chi connectivity index (χ1) is 14.2. The van der Waals surface area contributed by atoms with Crippen molar-refractivity contribution in [2.24, 2.45) is 0 Å². The molecular formula is C24H24FN3O. The Morgan fingerprint density at radius 1 is 1.00 bits per heavy atom. The number of hydrogen-bond acceptors (Lipinski definition) is 4. The summed E-state index contributed by atoms with van der Waals surface area (Å²) in [7, 11) is 0. The predicted octanol–water partition coefficient (Wildman–Crippen LogP) is 5.21. The highest BCUT2D eigenvalue weighted by Gasteiger charge is 2.30. The van der Waals surface area contributed by atoms with Crippen LogP contribution in [0.3, 0.4) is 0 Å². The Morgan fingerprint density at radius 2 is 1.76 bits per heavy atom. The molecular weight excluding hydrogens is 365 g/mol. The third kappa shape index (κ3) is 4.15. The number of aldehydes is 1. The molecule has 0 amide bonds. The molecule has 3 aromatic carbocycles. The van der Waals surface area contributed by atoms with Crippen molar-refractivity contribution in [3.05, 3.63) is 84.2 Å². The third-order valence-electron chi connectivity index (χ3n) is 5.23. The molecule has 1 fully saturated rings. The molecule has 5 heteroatoms. The first-order valence-corrected chi connectivity index (χ1v) is 9.86. The van der Waals surface area contributed by atoms with E-state index in [1.165, 1.54) is 0 Å². The van der Waals surface area contributed by atoms with E-state index in [1.807, 2.05) is 72.6 Å². The molecule has 29 heavy (non-hydrogen) atoms. The molecule has 0 bridgehead atoms. The number of aryl methyl sites for hydroxylation is 1. The summed E-state index contributed by atoms with van der Waals surface area (Å²) in [6.07, 6.45) is 2.46. The van der Waals surface area contributed by atoms with Crippen LogP contribution in [0.1, 0.15) is 18.4 Å². The minimum atomic E-state index is -0.363. The fourth-order valence-electron chi connectivity index (χ4n) is 3.65. The van der Waals surface area contributed by atoms with Gasteiger partial charge in [0.1, 0.15) is 18.1 Å². The van der Waals surface area contributed by atoms with E-state index < -0.39 is 0 Å². The molecule has 148 valence electrons. The van der Waals surface area contributed by atoms with E-state index in [1.54, 1.807) is 17.3 Å². The Labute approximate surface area is 170 Å². The first kappa shape index (κ1) is 19.2. The largest absolute Gasteiger partial charge is 0.301 e. The molecule has 1 atom stereocenters. The molecule has 1 unspecified atom stereocenters. The summed E-state index contributed by atoms with van der Waals surface area (Å²) >= 11 is 0. The fraction of sp³-hybridized carbons (Fsp3) is 0.208. The van der Waals surface area contributed by atoms with Gasteiger partial charge >= 0.3 is 0 Å². The molecule has 0 aliphatic carbocycles. The Bertz CT molecular complexity index is 975. The second-order valence-corrected chi connectivity index (χ2v) is 7.32. The zero-order chi connectivity index (χ0) is 20.2. The maximum absolute atomic E-state index is 15.1. The molecule has 1 heterocycles. The Morgan fingerprint density at radius 3 is 2.45 bits per heavy atom. The van der Waals surface area contributed by atoms with Gasteiger partial charge in [0, 0.05) is 6.54 Å². The molecule has 1 aliphatic heterocycles. The van der Waals surface area contributed by atoms with E-state index >= 15 is 4.39 Å². The van der Waals surface area contributed by atoms with Crippen molar-refractivity contribution >= 4 is 17.7 Å². The lowest BCUT2D eigenvalue weighted by Gasteiger charge is -2.43. The van der Waals surface area contributed by atoms with Crippen LogP contribution >= 0.6 is 0 Å². The van der Waals surface area contributed by atoms with Crippen LogP contribution in [0.15, 0.2) is 72.8 Å². The maximum Gasteiger partial charge on any atom is 0.148 e. The van der Waals surface area contributed by atoms with Crippen LogP contribution in [-0.2, 0) is 4.79 Å². The fourth-order valence-corrected chi connectivity index (χ4v) is 3.65. The molecule has 1 saturated heterocycles. The van der Waals surface area contributed by atoms with E-state index in [0.29, 0.717) is 12.2 Å². The van der Waals surface area contributed by atoms with Crippen LogP contribution in [0.2, 0.25) is 0 Å². The highest BCUT2D eigenvalue weighted by atomic mass is 19.1. The van der Waals surface area contributed by atoms with E-state index in [4.69, 9.17) is 0 Å². The van der Waals surface area contributed by atoms with Gasteiger partial charge in [0.25, 0.3) is 0 Å². The van der Waals surface area contributed by atoms with Crippen LogP contribution in [0.4, 0.5) is 15.8 Å². The van der Waals surface area contributed by atoms with Crippen LogP contribution < -0.4 is 10.4 Å². The van der Waals surface area contributed by atoms with Crippen LogP contribution in [0.5, 0.6) is 0 Å². The molecule has 1 aliphatic rings. The lowest BCUT2D eigenvalue weighted by Crippen LogP contribution is -2.56. The Balaban J connectivity index is 1.65. The number of carbonyl (C=O) groups excluding carboxylic acids is 1. The molecule has 0 saturated carbocycles. The van der Waals surface area contributed by atoms with E-state index in [9.17, 15) is 4.79 Å². The van der Waals surface area contributed by atoms with Crippen molar-refractivity contribution in [1.29, 1.82) is 0 Å². The topological polar surface area (TPSA) is 35.6 Å². The Kier molecular flexibility index (Phi) is 5.58. The number of benzene rings is 3. The molecule has 0 spiro atoms. The van der Waals surface area contributed by atoms with Crippen molar-refractivity contribution in [3.8, 4) is 11.1 Å². The van der Waals surface area contributed by atoms with Crippen LogP contribution in [0.25, 0.3) is 11.1 Å². The van der Waals surface area contributed by atoms with Gasteiger partial charge in [-0.25, -0.2) is 4.39 Å². The second-order valence-electron chi connectivity index (χ2n) is 7.32. The predicted molar refractivity (Wildman–Crippen MR) is 115 cm³/mol. The quantitative estimate of drug-likeness (QED) is 0.608. The van der Waals surface area contributed by atoms with Gasteiger partial charge in [0.15, 0.2) is 0 Å². The number of anilines is 2. The van der Waals surface area contributed by atoms with Gasteiger partial charge in [0.2, 0.25) is 0 Å². The van der Waals surface area contributed by atoms with Crippen LogP contribution in [0, 0.1) is 12.7 Å². The van der Waals surface area contributed by atoms with Gasteiger partial charge in [-0.2, -0.15) is 0 Å². The number of nitrogens with one attached hydrogen (secondary N) is 1. The van der Waals surface area contributed by atoms with Gasteiger partial charge in [0.05, 0.1) is 11.4 Å². The average Bonchev–Trinajstić information content (AvgIpc) is 2.76. The number of hydrazine groups is 2. The lowest BCUT2D eigenvalue weighted by atomic mass is 10.0. The molecule has 0 aromatic heterocycles. The van der Waals surface area contributed by atoms with Crippen molar-refractivity contribution < 1.29 is 9.18 Å². The third-order valence-corrected chi connectivity index (χ3v) is 5.23. The molecule has 1 N–H and O–H groups in total. The molecule has 0 radical (unpaired) electrons. The zero-order valence-electron chi connectivity index (χ0n) is 16.4. The summed E-state index contributed by atoms with van der Waals surface area (Å²) in [5.41, 5.74) is 7.55. The number of hydrogen-bond donors (Lipinski definition) is 1. The minimum Gasteiger partial charge on any atom is -0.301 e. The zero-order valence-corrected chi connectivity index (χ0v) is 16.4. The molecule has 4 rings (SSSR count). The summed E-state index contributed by atoms with van der Waals surface area (Å²) in [5.74, 6) is -0.311. The second kappa shape index (κ2) is 8.45. The normalized spacial score (nSPS) is 17.2. The Hall–Kier alpha value is -3.18. The van der Waals surface area contributed by atoms with Gasteiger partial charge < -0.3 is 10.2 Å². The van der Waals surface area contributed by atoms with E-state index in [-0.39, 0.29) is 11.9 Å². The van der Waals surface area contributed by atoms with Crippen LogP contribution in [-0.4, -0.2) is 24.0 Å². The first-order valence-electron chi connectivity index (χ1n) is 9.86. The average molecular weight is 389 g/mol. The van der Waals surface area contributed by atoms with Crippen molar-refractivity contribution in [2.45, 2.75) is 25.8 Å². The van der Waals surface area contributed by atoms with Gasteiger partial charge in [-0.15, -0.1) is 5.12 Å². The standard InChI is InChI=1S/C24H24FN3O/c1-18-9-12-21(13-10-18)26-28-22(17-29)8-5-15-27(28)24-14-11-20(16-23(24)25)19-6-3-2-4-7-19/h2-4,6-7,9-14,16-17,22,26H,5,8,15H2,1H3. The number of halogens is 1. The summed E-state index contributed by atoms with van der Waals surface area (Å²) in [4.78, 5) is 11.7. The van der Waals surface area contributed by atoms with Gasteiger partial charge in [-0.1, -0.05) is 54.1 Å². The molecule has 3 aromatic rings. The van der Waals surface area contributed by atoms with Gasteiger partial charge in [-0.3, -0.25) is 5.01 Å². The van der Waals surface area contributed by atoms with Gasteiger partial charge in [-0.05, 0) is 55.2 Å².